The van der Waals surface area contributed by atoms with Gasteiger partial charge in [0.05, 0.1) is 17.2 Å². The number of aryl methyl sites for hydroxylation is 2. The number of halogens is 1. The standard InChI is InChI=1S/C18H19FN2O3S/c1-12-5-6-13(2)18(10-12)25(22,23)21-20-16-4-3-9-24-17-8-7-14(19)11-15(16)17/h5-8,10-11,21H,3-4,9H2,1-2H3/b20-16+. The van der Waals surface area contributed by atoms with Crippen LogP contribution in [0.1, 0.15) is 29.5 Å². The zero-order valence-corrected chi connectivity index (χ0v) is 14.9. The molecule has 1 N–H and O–H groups in total. The number of hydrogen-bond donors (Lipinski definition) is 1. The van der Waals surface area contributed by atoms with Crippen molar-refractivity contribution in [3.8, 4) is 5.75 Å². The molecule has 1 aliphatic heterocycles. The highest BCUT2D eigenvalue weighted by Gasteiger charge is 2.19. The van der Waals surface area contributed by atoms with Crippen LogP contribution in [0.3, 0.4) is 0 Å². The Balaban J connectivity index is 1.96. The molecule has 0 saturated carbocycles. The van der Waals surface area contributed by atoms with Crippen LogP contribution in [0.15, 0.2) is 46.4 Å². The molecule has 1 aliphatic rings. The van der Waals surface area contributed by atoms with E-state index in [-0.39, 0.29) is 4.90 Å². The highest BCUT2D eigenvalue weighted by atomic mass is 32.2. The van der Waals surface area contributed by atoms with Gasteiger partial charge in [-0.05, 0) is 62.1 Å². The molecule has 2 aromatic carbocycles. The zero-order chi connectivity index (χ0) is 18.0. The number of sulfonamides is 1. The van der Waals surface area contributed by atoms with Crippen molar-refractivity contribution < 1.29 is 17.5 Å². The lowest BCUT2D eigenvalue weighted by atomic mass is 10.1. The lowest BCUT2D eigenvalue weighted by molar-refractivity contribution is 0.317. The minimum Gasteiger partial charge on any atom is -0.493 e. The van der Waals surface area contributed by atoms with E-state index in [4.69, 9.17) is 4.74 Å². The van der Waals surface area contributed by atoms with E-state index in [2.05, 4.69) is 9.93 Å². The topological polar surface area (TPSA) is 67.8 Å². The number of fused-ring (bicyclic) bond motifs is 1. The molecule has 0 spiro atoms. The van der Waals surface area contributed by atoms with Gasteiger partial charge in [-0.15, -0.1) is 0 Å². The average molecular weight is 362 g/mol. The quantitative estimate of drug-likeness (QED) is 0.852. The molecule has 1 heterocycles. The molecular formula is C18H19FN2O3S. The SMILES string of the molecule is Cc1ccc(C)c(S(=O)(=O)N/N=C2\CCCOc3ccc(F)cc32)c1. The lowest BCUT2D eigenvalue weighted by Crippen LogP contribution is -2.21. The average Bonchev–Trinajstić information content (AvgIpc) is 2.77. The summed E-state index contributed by atoms with van der Waals surface area (Å²) in [5.74, 6) is 0.0814. The first kappa shape index (κ1) is 17.4. The Kier molecular flexibility index (Phi) is 4.76. The summed E-state index contributed by atoms with van der Waals surface area (Å²) < 4.78 is 44.3. The number of rotatable bonds is 3. The van der Waals surface area contributed by atoms with Crippen LogP contribution in [0.25, 0.3) is 0 Å². The smallest absolute Gasteiger partial charge is 0.276 e. The first-order valence-electron chi connectivity index (χ1n) is 7.95. The summed E-state index contributed by atoms with van der Waals surface area (Å²) in [6.45, 7) is 4.03. The number of benzene rings is 2. The number of nitrogens with zero attached hydrogens (tertiary/aromatic N) is 1. The largest absolute Gasteiger partial charge is 0.493 e. The van der Waals surface area contributed by atoms with E-state index >= 15 is 0 Å². The maximum atomic E-state index is 13.6. The van der Waals surface area contributed by atoms with Gasteiger partial charge in [-0.3, -0.25) is 0 Å². The van der Waals surface area contributed by atoms with Crippen molar-refractivity contribution in [3.05, 3.63) is 58.9 Å². The Labute approximate surface area is 146 Å². The highest BCUT2D eigenvalue weighted by molar-refractivity contribution is 7.89. The summed E-state index contributed by atoms with van der Waals surface area (Å²) in [4.78, 5) is 2.47. The van der Waals surface area contributed by atoms with Gasteiger partial charge in [-0.2, -0.15) is 18.4 Å². The minimum absolute atomic E-state index is 0.182. The first-order chi connectivity index (χ1) is 11.9. The monoisotopic (exact) mass is 362 g/mol. The van der Waals surface area contributed by atoms with Crippen LogP contribution in [0.5, 0.6) is 5.75 Å². The summed E-state index contributed by atoms with van der Waals surface area (Å²) in [6, 6.07) is 9.35. The molecule has 2 aromatic rings. The normalized spacial score (nSPS) is 16.0. The molecule has 132 valence electrons. The van der Waals surface area contributed by atoms with Crippen LogP contribution in [-0.2, 0) is 10.0 Å². The van der Waals surface area contributed by atoms with Gasteiger partial charge >= 0.3 is 0 Å². The fourth-order valence-corrected chi connectivity index (χ4v) is 3.85. The van der Waals surface area contributed by atoms with E-state index < -0.39 is 15.8 Å². The van der Waals surface area contributed by atoms with E-state index in [1.165, 1.54) is 18.2 Å². The summed E-state index contributed by atoms with van der Waals surface area (Å²) >= 11 is 0. The van der Waals surface area contributed by atoms with E-state index in [9.17, 15) is 12.8 Å². The third-order valence-electron chi connectivity index (χ3n) is 4.00. The van der Waals surface area contributed by atoms with Crippen LogP contribution < -0.4 is 9.57 Å². The van der Waals surface area contributed by atoms with E-state index in [0.717, 1.165) is 5.56 Å². The van der Waals surface area contributed by atoms with Crippen LogP contribution in [0, 0.1) is 19.7 Å². The van der Waals surface area contributed by atoms with E-state index in [1.807, 2.05) is 13.0 Å². The Morgan fingerprint density at radius 2 is 1.96 bits per heavy atom. The highest BCUT2D eigenvalue weighted by Crippen LogP contribution is 2.25. The Morgan fingerprint density at radius 3 is 2.76 bits per heavy atom. The second-order valence-corrected chi connectivity index (χ2v) is 7.64. The maximum Gasteiger partial charge on any atom is 0.276 e. The molecule has 5 nitrogen and oxygen atoms in total. The van der Waals surface area contributed by atoms with Crippen molar-refractivity contribution in [1.82, 2.24) is 4.83 Å². The van der Waals surface area contributed by atoms with Gasteiger partial charge in [0.25, 0.3) is 10.0 Å². The maximum absolute atomic E-state index is 13.6. The van der Waals surface area contributed by atoms with Gasteiger partial charge in [0.2, 0.25) is 0 Å². The van der Waals surface area contributed by atoms with Crippen LogP contribution in [0.4, 0.5) is 4.39 Å². The molecule has 0 atom stereocenters. The molecule has 0 unspecified atom stereocenters. The molecular weight excluding hydrogens is 343 g/mol. The van der Waals surface area contributed by atoms with Crippen LogP contribution >= 0.6 is 0 Å². The van der Waals surface area contributed by atoms with Crippen molar-refractivity contribution in [2.75, 3.05) is 6.61 Å². The van der Waals surface area contributed by atoms with Gasteiger partial charge < -0.3 is 4.74 Å². The fraction of sp³-hybridized carbons (Fsp3) is 0.278. The molecule has 0 radical (unpaired) electrons. The summed E-state index contributed by atoms with van der Waals surface area (Å²) in [5.41, 5.74) is 2.41. The molecule has 0 aromatic heterocycles. The van der Waals surface area contributed by atoms with Crippen LogP contribution in [-0.4, -0.2) is 20.7 Å². The molecule has 0 amide bonds. The predicted molar refractivity (Wildman–Crippen MR) is 93.9 cm³/mol. The van der Waals surface area contributed by atoms with Crippen molar-refractivity contribution >= 4 is 15.7 Å². The summed E-state index contributed by atoms with van der Waals surface area (Å²) in [7, 11) is -3.81. The van der Waals surface area contributed by atoms with E-state index in [1.54, 1.807) is 19.1 Å². The third-order valence-corrected chi connectivity index (χ3v) is 5.35. The Hall–Kier alpha value is -2.41. The summed E-state index contributed by atoms with van der Waals surface area (Å²) in [6.07, 6.45) is 1.16. The van der Waals surface area contributed by atoms with Crippen molar-refractivity contribution in [3.63, 3.8) is 0 Å². The molecule has 7 heteroatoms. The first-order valence-corrected chi connectivity index (χ1v) is 9.43. The molecule has 3 rings (SSSR count). The lowest BCUT2D eigenvalue weighted by Gasteiger charge is -2.10. The van der Waals surface area contributed by atoms with E-state index in [0.29, 0.717) is 42.0 Å². The van der Waals surface area contributed by atoms with Gasteiger partial charge in [0.15, 0.2) is 0 Å². The molecule has 0 saturated heterocycles. The van der Waals surface area contributed by atoms with Crippen molar-refractivity contribution in [2.45, 2.75) is 31.6 Å². The Bertz CT molecular complexity index is 939. The zero-order valence-electron chi connectivity index (χ0n) is 14.0. The summed E-state index contributed by atoms with van der Waals surface area (Å²) in [5, 5.41) is 4.08. The molecule has 0 fully saturated rings. The van der Waals surface area contributed by atoms with Crippen LogP contribution in [0.2, 0.25) is 0 Å². The van der Waals surface area contributed by atoms with Gasteiger partial charge in [-0.1, -0.05) is 12.1 Å². The van der Waals surface area contributed by atoms with Crippen molar-refractivity contribution in [1.29, 1.82) is 0 Å². The number of ether oxygens (including phenoxy) is 1. The number of hydrazone groups is 1. The van der Waals surface area contributed by atoms with Crippen molar-refractivity contribution in [2.24, 2.45) is 5.10 Å². The fourth-order valence-electron chi connectivity index (χ4n) is 2.69. The number of nitrogens with one attached hydrogen (secondary N) is 1. The van der Waals surface area contributed by atoms with Gasteiger partial charge in [-0.25, -0.2) is 4.39 Å². The third kappa shape index (κ3) is 3.82. The van der Waals surface area contributed by atoms with Gasteiger partial charge in [0.1, 0.15) is 11.6 Å². The molecule has 0 bridgehead atoms. The molecule has 25 heavy (non-hydrogen) atoms. The molecule has 0 aliphatic carbocycles. The predicted octanol–water partition coefficient (Wildman–Crippen LogP) is 3.30. The second kappa shape index (κ2) is 6.84. The minimum atomic E-state index is -3.81. The Morgan fingerprint density at radius 1 is 1.16 bits per heavy atom. The van der Waals surface area contributed by atoms with Gasteiger partial charge in [0, 0.05) is 5.56 Å². The second-order valence-electron chi connectivity index (χ2n) is 6.01. The number of hydrogen-bond acceptors (Lipinski definition) is 4.